The molecule has 2 aromatic rings. The van der Waals surface area contributed by atoms with Crippen molar-refractivity contribution in [2.45, 2.75) is 0 Å². The van der Waals surface area contributed by atoms with Gasteiger partial charge in [-0.1, -0.05) is 17.5 Å². The van der Waals surface area contributed by atoms with Gasteiger partial charge in [0, 0.05) is 28.9 Å². The smallest absolute Gasteiger partial charge is 0.224 e. The van der Waals surface area contributed by atoms with E-state index in [1.54, 1.807) is 18.2 Å². The molecule has 0 bridgehead atoms. The summed E-state index contributed by atoms with van der Waals surface area (Å²) >= 11 is 0. The molecule has 0 heterocycles. The van der Waals surface area contributed by atoms with Crippen LogP contribution in [0.2, 0.25) is 0 Å². The van der Waals surface area contributed by atoms with E-state index in [9.17, 15) is 10.1 Å². The van der Waals surface area contributed by atoms with Crippen molar-refractivity contribution in [3.63, 3.8) is 0 Å². The van der Waals surface area contributed by atoms with Crippen molar-refractivity contribution in [1.29, 1.82) is 5.26 Å². The van der Waals surface area contributed by atoms with Gasteiger partial charge in [-0.3, -0.25) is 10.1 Å². The van der Waals surface area contributed by atoms with Crippen molar-refractivity contribution in [1.82, 2.24) is 0 Å². The van der Waals surface area contributed by atoms with Crippen molar-refractivity contribution in [3.8, 4) is 6.07 Å². The van der Waals surface area contributed by atoms with E-state index < -0.39 is 4.92 Å². The van der Waals surface area contributed by atoms with Gasteiger partial charge in [-0.25, -0.2) is 0 Å². The first kappa shape index (κ1) is 13.1. The Morgan fingerprint density at radius 3 is 2.59 bits per heavy atom. The molecule has 0 saturated heterocycles. The van der Waals surface area contributed by atoms with E-state index >= 15 is 0 Å². The number of hydrogen-bond donors (Lipinski definition) is 0. The molecule has 0 amide bonds. The Kier molecular flexibility index (Phi) is 3.79. The number of fused-ring (bicyclic) bond motifs is 1. The maximum absolute atomic E-state index is 10.9. The molecule has 5 heteroatoms. The number of nitro benzene ring substituents is 1. The Labute approximate surface area is 110 Å². The van der Waals surface area contributed by atoms with Crippen LogP contribution in [-0.2, 0) is 18.6 Å². The maximum Gasteiger partial charge on any atom is 0.224 e. The second-order valence-electron chi connectivity index (χ2n) is 3.42. The average molecular weight is 262 g/mol. The molecule has 0 aliphatic carbocycles. The zero-order chi connectivity index (χ0) is 11.7. The van der Waals surface area contributed by atoms with Gasteiger partial charge < -0.3 is 0 Å². The van der Waals surface area contributed by atoms with E-state index in [0.29, 0.717) is 16.5 Å². The second kappa shape index (κ2) is 4.92. The molecule has 1 radical (unpaired) electrons. The fraction of sp³-hybridized carbons (Fsp3) is 0. The van der Waals surface area contributed by atoms with Crippen LogP contribution >= 0.6 is 0 Å². The van der Waals surface area contributed by atoms with Crippen LogP contribution in [0.5, 0.6) is 0 Å². The van der Waals surface area contributed by atoms with Crippen LogP contribution in [0.1, 0.15) is 11.1 Å². The van der Waals surface area contributed by atoms with Gasteiger partial charge in [0.2, 0.25) is 5.69 Å². The van der Waals surface area contributed by atoms with Crippen molar-refractivity contribution in [2.75, 3.05) is 0 Å². The summed E-state index contributed by atoms with van der Waals surface area (Å²) in [5, 5.41) is 20.8. The van der Waals surface area contributed by atoms with Crippen molar-refractivity contribution in [2.24, 2.45) is 0 Å². The molecular weight excluding hydrogens is 255 g/mol. The van der Waals surface area contributed by atoms with Crippen molar-refractivity contribution in [3.05, 3.63) is 58.5 Å². The van der Waals surface area contributed by atoms with Crippen LogP contribution < -0.4 is 0 Å². The van der Waals surface area contributed by atoms with E-state index in [4.69, 9.17) is 5.26 Å². The summed E-state index contributed by atoms with van der Waals surface area (Å²) in [6.07, 6.45) is 0. The Bertz CT molecular complexity index is 632. The van der Waals surface area contributed by atoms with E-state index in [0.717, 1.165) is 5.39 Å². The third kappa shape index (κ3) is 2.42. The normalized spacial score (nSPS) is 9.35. The summed E-state index contributed by atoms with van der Waals surface area (Å²) in [4.78, 5) is 10.4. The standard InChI is InChI=1S/C12H7N2O2.V/c1-8-4-10-3-2-9(7-13)6-11(10)12(5-8)14(15)16;/h2-6H,1H2;/q-1;. The molecule has 0 spiro atoms. The molecule has 83 valence electrons. The van der Waals surface area contributed by atoms with Crippen LogP contribution in [-0.4, -0.2) is 4.92 Å². The molecule has 0 aliphatic heterocycles. The van der Waals surface area contributed by atoms with Crippen LogP contribution in [0.3, 0.4) is 0 Å². The van der Waals surface area contributed by atoms with Gasteiger partial charge in [-0.15, -0.1) is 0 Å². The first-order valence-corrected chi connectivity index (χ1v) is 4.56. The molecular formula is C12H7N2O2V-. The van der Waals surface area contributed by atoms with Crippen molar-refractivity contribution < 1.29 is 23.5 Å². The Balaban J connectivity index is 0.00000144. The predicted molar refractivity (Wildman–Crippen MR) is 59.8 cm³/mol. The Morgan fingerprint density at radius 2 is 2.00 bits per heavy atom. The number of non-ortho nitro benzene ring substituents is 1. The summed E-state index contributed by atoms with van der Waals surface area (Å²) < 4.78 is 0. The molecule has 2 rings (SSSR count). The zero-order valence-corrected chi connectivity index (χ0v) is 10.1. The summed E-state index contributed by atoms with van der Waals surface area (Å²) in [6, 6.07) is 9.96. The number of nitro groups is 1. The molecule has 17 heavy (non-hydrogen) atoms. The van der Waals surface area contributed by atoms with Gasteiger partial charge in [0.25, 0.3) is 0 Å². The maximum atomic E-state index is 10.9. The minimum Gasteiger partial charge on any atom is -0.259 e. The van der Waals surface area contributed by atoms with Crippen LogP contribution in [0.4, 0.5) is 5.69 Å². The van der Waals surface area contributed by atoms with Crippen LogP contribution in [0.15, 0.2) is 30.3 Å². The number of nitrogens with zero attached hydrogens (tertiary/aromatic N) is 2. The fourth-order valence-electron chi connectivity index (χ4n) is 1.62. The van der Waals surface area contributed by atoms with Gasteiger partial charge in [0.1, 0.15) is 0 Å². The molecule has 0 unspecified atom stereocenters. The van der Waals surface area contributed by atoms with Crippen LogP contribution in [0.25, 0.3) is 10.8 Å². The summed E-state index contributed by atoms with van der Waals surface area (Å²) in [5.74, 6) is 0. The minimum absolute atomic E-state index is 0. The van der Waals surface area contributed by atoms with E-state index in [1.165, 1.54) is 12.1 Å². The topological polar surface area (TPSA) is 66.9 Å². The molecule has 4 nitrogen and oxygen atoms in total. The van der Waals surface area contributed by atoms with Gasteiger partial charge in [0.15, 0.2) is 0 Å². The molecule has 0 fully saturated rings. The van der Waals surface area contributed by atoms with Gasteiger partial charge >= 0.3 is 0 Å². The second-order valence-corrected chi connectivity index (χ2v) is 3.42. The number of rotatable bonds is 1. The fourth-order valence-corrected chi connectivity index (χ4v) is 1.62. The predicted octanol–water partition coefficient (Wildman–Crippen LogP) is 2.80. The van der Waals surface area contributed by atoms with Gasteiger partial charge in [-0.05, 0) is 12.1 Å². The Hall–Kier alpha value is -1.96. The van der Waals surface area contributed by atoms with E-state index in [2.05, 4.69) is 6.92 Å². The molecule has 0 aromatic heterocycles. The SMILES string of the molecule is [CH2-]c1cc([N+](=O)[O-])c2cc(C#N)ccc2c1.[V]. The molecule has 0 atom stereocenters. The molecule has 0 aliphatic rings. The largest absolute Gasteiger partial charge is 0.259 e. The summed E-state index contributed by atoms with van der Waals surface area (Å²) in [6.45, 7) is 3.69. The van der Waals surface area contributed by atoms with E-state index in [-0.39, 0.29) is 24.2 Å². The monoisotopic (exact) mass is 262 g/mol. The van der Waals surface area contributed by atoms with Crippen molar-refractivity contribution >= 4 is 16.5 Å². The van der Waals surface area contributed by atoms with Gasteiger partial charge in [0.05, 0.1) is 11.6 Å². The average Bonchev–Trinajstić information content (AvgIpc) is 2.27. The first-order chi connectivity index (χ1) is 7.61. The minimum atomic E-state index is -0.460. The quantitative estimate of drug-likeness (QED) is 0.451. The molecule has 0 saturated carbocycles. The summed E-state index contributed by atoms with van der Waals surface area (Å²) in [7, 11) is 0. The number of benzene rings is 2. The summed E-state index contributed by atoms with van der Waals surface area (Å²) in [5.41, 5.74) is 0.982. The molecule has 2 aromatic carbocycles. The third-order valence-electron chi connectivity index (χ3n) is 2.32. The van der Waals surface area contributed by atoms with E-state index in [1.807, 2.05) is 6.07 Å². The first-order valence-electron chi connectivity index (χ1n) is 4.56. The van der Waals surface area contributed by atoms with Gasteiger partial charge in [-0.2, -0.15) is 23.8 Å². The van der Waals surface area contributed by atoms with Crippen LogP contribution in [0, 0.1) is 28.4 Å². The Morgan fingerprint density at radius 1 is 1.29 bits per heavy atom. The number of hydrogen-bond acceptors (Lipinski definition) is 3. The zero-order valence-electron chi connectivity index (χ0n) is 8.75. The number of nitriles is 1. The third-order valence-corrected chi connectivity index (χ3v) is 2.32. The molecule has 0 N–H and O–H groups in total.